The molecule has 2 atom stereocenters. The molecule has 7 heteroatoms. The lowest BCUT2D eigenvalue weighted by molar-refractivity contribution is -0.123. The van der Waals surface area contributed by atoms with Crippen LogP contribution in [-0.2, 0) is 16.1 Å². The number of nitrogens with zero attached hydrogens (tertiary/aromatic N) is 1. The summed E-state index contributed by atoms with van der Waals surface area (Å²) in [5.74, 6) is 0.847. The van der Waals surface area contributed by atoms with E-state index in [1.54, 1.807) is 13.2 Å². The van der Waals surface area contributed by atoms with Crippen molar-refractivity contribution in [2.24, 2.45) is 0 Å². The Kier molecular flexibility index (Phi) is 7.65. The van der Waals surface area contributed by atoms with Crippen molar-refractivity contribution in [3.63, 3.8) is 0 Å². The zero-order chi connectivity index (χ0) is 21.5. The van der Waals surface area contributed by atoms with Crippen molar-refractivity contribution >= 4 is 23.1 Å². The molecule has 1 fully saturated rings. The van der Waals surface area contributed by atoms with Crippen molar-refractivity contribution in [2.45, 2.75) is 32.6 Å². The van der Waals surface area contributed by atoms with Crippen LogP contribution in [0, 0.1) is 0 Å². The predicted molar refractivity (Wildman–Crippen MR) is 120 cm³/mol. The number of amides is 1. The van der Waals surface area contributed by atoms with Crippen LogP contribution in [0.5, 0.6) is 11.5 Å². The van der Waals surface area contributed by atoms with Crippen LogP contribution >= 0.6 is 12.2 Å². The first-order valence-corrected chi connectivity index (χ1v) is 10.4. The topological polar surface area (TPSA) is 60.0 Å². The SMILES string of the molecule is COc1cc(C(=S)N2C[C@H](C)O[C@@H](C)C2)ccc1OCC(=O)NCc1ccccc1. The second-order valence-electron chi connectivity index (χ2n) is 7.38. The number of hydrogen-bond donors (Lipinski definition) is 1. The summed E-state index contributed by atoms with van der Waals surface area (Å²) in [5.41, 5.74) is 1.91. The highest BCUT2D eigenvalue weighted by molar-refractivity contribution is 7.80. The fourth-order valence-corrected chi connectivity index (χ4v) is 3.71. The van der Waals surface area contributed by atoms with Gasteiger partial charge in [0, 0.05) is 25.2 Å². The highest BCUT2D eigenvalue weighted by atomic mass is 32.1. The standard InChI is InChI=1S/C23H28N2O4S/c1-16-13-25(14-17(2)29-16)23(30)19-9-10-20(21(11-19)27-3)28-15-22(26)24-12-18-7-5-4-6-8-18/h4-11,16-17H,12-15H2,1-3H3,(H,24,26)/t16-,17-/m0/s1. The van der Waals surface area contributed by atoms with Gasteiger partial charge in [-0.3, -0.25) is 4.79 Å². The minimum atomic E-state index is -0.197. The predicted octanol–water partition coefficient (Wildman–Crippen LogP) is 3.18. The maximum Gasteiger partial charge on any atom is 0.258 e. The molecule has 1 aliphatic rings. The van der Waals surface area contributed by atoms with Crippen LogP contribution in [0.15, 0.2) is 48.5 Å². The third-order valence-corrected chi connectivity index (χ3v) is 5.30. The van der Waals surface area contributed by atoms with Gasteiger partial charge in [0.05, 0.1) is 19.3 Å². The van der Waals surface area contributed by atoms with E-state index < -0.39 is 0 Å². The fraction of sp³-hybridized carbons (Fsp3) is 0.391. The molecule has 1 aliphatic heterocycles. The molecule has 2 aromatic carbocycles. The van der Waals surface area contributed by atoms with Gasteiger partial charge in [-0.15, -0.1) is 0 Å². The minimum Gasteiger partial charge on any atom is -0.493 e. The Balaban J connectivity index is 1.58. The van der Waals surface area contributed by atoms with Gasteiger partial charge in [-0.2, -0.15) is 0 Å². The highest BCUT2D eigenvalue weighted by Gasteiger charge is 2.25. The molecule has 1 N–H and O–H groups in total. The van der Waals surface area contributed by atoms with Crippen molar-refractivity contribution in [3.8, 4) is 11.5 Å². The lowest BCUT2D eigenvalue weighted by atomic mass is 10.1. The number of carbonyl (C=O) groups is 1. The fourth-order valence-electron chi connectivity index (χ4n) is 3.44. The Morgan fingerprint density at radius 3 is 2.50 bits per heavy atom. The van der Waals surface area contributed by atoms with E-state index in [9.17, 15) is 4.79 Å². The summed E-state index contributed by atoms with van der Waals surface area (Å²) in [6, 6.07) is 15.3. The van der Waals surface area contributed by atoms with Crippen LogP contribution in [-0.4, -0.2) is 54.8 Å². The summed E-state index contributed by atoms with van der Waals surface area (Å²) in [6.45, 7) is 5.98. The molecular formula is C23H28N2O4S. The van der Waals surface area contributed by atoms with Crippen LogP contribution in [0.3, 0.4) is 0 Å². The zero-order valence-electron chi connectivity index (χ0n) is 17.6. The molecule has 3 rings (SSSR count). The Hall–Kier alpha value is -2.64. The first-order valence-electron chi connectivity index (χ1n) is 10.0. The second-order valence-corrected chi connectivity index (χ2v) is 7.77. The minimum absolute atomic E-state index is 0.0918. The number of hydrogen-bond acceptors (Lipinski definition) is 5. The molecule has 0 spiro atoms. The van der Waals surface area contributed by atoms with E-state index in [-0.39, 0.29) is 24.7 Å². The van der Waals surface area contributed by atoms with E-state index in [0.29, 0.717) is 18.0 Å². The third kappa shape index (κ3) is 5.93. The van der Waals surface area contributed by atoms with Gasteiger partial charge in [-0.25, -0.2) is 0 Å². The van der Waals surface area contributed by atoms with Crippen molar-refractivity contribution in [3.05, 3.63) is 59.7 Å². The summed E-state index contributed by atoms with van der Waals surface area (Å²) in [6.07, 6.45) is 0.260. The van der Waals surface area contributed by atoms with Crippen LogP contribution in [0.25, 0.3) is 0 Å². The normalized spacial score (nSPS) is 18.6. The summed E-state index contributed by atoms with van der Waals surface area (Å²) < 4.78 is 16.9. The van der Waals surface area contributed by atoms with E-state index >= 15 is 0 Å². The molecule has 0 saturated carbocycles. The number of rotatable bonds is 7. The monoisotopic (exact) mass is 428 g/mol. The molecule has 1 heterocycles. The Bertz CT molecular complexity index is 865. The van der Waals surface area contributed by atoms with Gasteiger partial charge < -0.3 is 24.4 Å². The van der Waals surface area contributed by atoms with Crippen molar-refractivity contribution in [2.75, 3.05) is 26.8 Å². The van der Waals surface area contributed by atoms with Crippen LogP contribution in [0.4, 0.5) is 0 Å². The molecule has 2 aromatic rings. The third-order valence-electron chi connectivity index (χ3n) is 4.81. The average Bonchev–Trinajstić information content (AvgIpc) is 2.75. The van der Waals surface area contributed by atoms with Crippen LogP contribution < -0.4 is 14.8 Å². The summed E-state index contributed by atoms with van der Waals surface area (Å²) >= 11 is 5.69. The number of ether oxygens (including phenoxy) is 3. The zero-order valence-corrected chi connectivity index (χ0v) is 18.4. The van der Waals surface area contributed by atoms with Crippen molar-refractivity contribution in [1.29, 1.82) is 0 Å². The number of nitrogens with one attached hydrogen (secondary N) is 1. The largest absolute Gasteiger partial charge is 0.493 e. The molecule has 1 amide bonds. The van der Waals surface area contributed by atoms with Gasteiger partial charge in [0.15, 0.2) is 18.1 Å². The molecule has 0 aliphatic carbocycles. The van der Waals surface area contributed by atoms with Crippen LogP contribution in [0.2, 0.25) is 0 Å². The molecule has 1 saturated heterocycles. The van der Waals surface area contributed by atoms with Gasteiger partial charge in [-0.1, -0.05) is 42.5 Å². The number of morpholine rings is 1. The summed E-state index contributed by atoms with van der Waals surface area (Å²) in [4.78, 5) is 15.0. The Morgan fingerprint density at radius 2 is 1.83 bits per heavy atom. The lowest BCUT2D eigenvalue weighted by Crippen LogP contribution is -2.47. The molecule has 30 heavy (non-hydrogen) atoms. The number of carbonyl (C=O) groups excluding carboxylic acids is 1. The Morgan fingerprint density at radius 1 is 1.13 bits per heavy atom. The number of benzene rings is 2. The molecule has 0 radical (unpaired) electrons. The van der Waals surface area contributed by atoms with E-state index in [1.807, 2.05) is 56.3 Å². The first-order chi connectivity index (χ1) is 14.5. The molecule has 0 aromatic heterocycles. The van der Waals surface area contributed by atoms with Crippen LogP contribution in [0.1, 0.15) is 25.0 Å². The molecule has 160 valence electrons. The van der Waals surface area contributed by atoms with Gasteiger partial charge in [0.1, 0.15) is 4.99 Å². The van der Waals surface area contributed by atoms with Crippen molar-refractivity contribution < 1.29 is 19.0 Å². The van der Waals surface area contributed by atoms with E-state index in [0.717, 1.165) is 29.2 Å². The van der Waals surface area contributed by atoms with E-state index in [1.165, 1.54) is 0 Å². The number of thiocarbonyl (C=S) groups is 1. The number of methoxy groups -OCH3 is 1. The van der Waals surface area contributed by atoms with Crippen molar-refractivity contribution in [1.82, 2.24) is 10.2 Å². The quantitative estimate of drug-likeness (QED) is 0.684. The molecular weight excluding hydrogens is 400 g/mol. The molecule has 6 nitrogen and oxygen atoms in total. The Labute approximate surface area is 183 Å². The molecule has 0 unspecified atom stereocenters. The van der Waals surface area contributed by atoms with Gasteiger partial charge >= 0.3 is 0 Å². The highest BCUT2D eigenvalue weighted by Crippen LogP contribution is 2.29. The maximum atomic E-state index is 12.1. The van der Waals surface area contributed by atoms with Gasteiger partial charge in [0.25, 0.3) is 5.91 Å². The molecule has 0 bridgehead atoms. The average molecular weight is 429 g/mol. The smallest absolute Gasteiger partial charge is 0.258 e. The van der Waals surface area contributed by atoms with Gasteiger partial charge in [0.2, 0.25) is 0 Å². The maximum absolute atomic E-state index is 12.1. The lowest BCUT2D eigenvalue weighted by Gasteiger charge is -2.37. The van der Waals surface area contributed by atoms with Gasteiger partial charge in [-0.05, 0) is 37.6 Å². The second kappa shape index (κ2) is 10.4. The van der Waals surface area contributed by atoms with E-state index in [2.05, 4.69) is 10.2 Å². The first kappa shape index (κ1) is 22.1. The van der Waals surface area contributed by atoms with E-state index in [4.69, 9.17) is 26.4 Å². The summed E-state index contributed by atoms with van der Waals surface area (Å²) in [5, 5.41) is 2.84. The summed E-state index contributed by atoms with van der Waals surface area (Å²) in [7, 11) is 1.57.